The molecule has 0 bridgehead atoms. The van der Waals surface area contributed by atoms with E-state index in [9.17, 15) is 9.59 Å². The molecule has 1 saturated heterocycles. The van der Waals surface area contributed by atoms with Gasteiger partial charge < -0.3 is 10.6 Å². The highest BCUT2D eigenvalue weighted by Crippen LogP contribution is 2.28. The van der Waals surface area contributed by atoms with Gasteiger partial charge in [0.1, 0.15) is 0 Å². The first-order chi connectivity index (χ1) is 8.90. The quantitative estimate of drug-likeness (QED) is 0.894. The van der Waals surface area contributed by atoms with Gasteiger partial charge >= 0.3 is 0 Å². The van der Waals surface area contributed by atoms with Crippen molar-refractivity contribution in [2.45, 2.75) is 13.3 Å². The molecule has 2 amide bonds. The van der Waals surface area contributed by atoms with Gasteiger partial charge in [-0.3, -0.25) is 9.59 Å². The van der Waals surface area contributed by atoms with Crippen LogP contribution >= 0.6 is 27.5 Å². The summed E-state index contributed by atoms with van der Waals surface area (Å²) in [5, 5.41) is 0.508. The van der Waals surface area contributed by atoms with E-state index in [1.54, 1.807) is 17.0 Å². The molecule has 1 aliphatic rings. The van der Waals surface area contributed by atoms with Gasteiger partial charge in [0, 0.05) is 23.1 Å². The first-order valence-corrected chi connectivity index (χ1v) is 7.11. The number of likely N-dealkylation sites (tertiary alicyclic amines) is 1. The number of halogens is 2. The molecule has 1 atom stereocenters. The number of nitrogens with two attached hydrogens (primary N) is 1. The fraction of sp³-hybridized carbons (Fsp3) is 0.385. The summed E-state index contributed by atoms with van der Waals surface area (Å²) in [5.74, 6) is -0.697. The monoisotopic (exact) mass is 344 g/mol. The average molecular weight is 346 g/mol. The van der Waals surface area contributed by atoms with Crippen LogP contribution in [0.25, 0.3) is 0 Å². The highest BCUT2D eigenvalue weighted by Gasteiger charge is 2.30. The summed E-state index contributed by atoms with van der Waals surface area (Å²) < 4.78 is 0.794. The summed E-state index contributed by atoms with van der Waals surface area (Å²) in [5.41, 5.74) is 6.70. The van der Waals surface area contributed by atoms with Crippen LogP contribution in [0.1, 0.15) is 22.3 Å². The molecule has 2 rings (SSSR count). The lowest BCUT2D eigenvalue weighted by atomic mass is 10.1. The normalized spacial score (nSPS) is 18.7. The largest absolute Gasteiger partial charge is 0.369 e. The number of rotatable bonds is 2. The summed E-state index contributed by atoms with van der Waals surface area (Å²) in [6, 6.07) is 3.43. The van der Waals surface area contributed by atoms with Crippen molar-refractivity contribution in [3.05, 3.63) is 32.8 Å². The Kier molecular flexibility index (Phi) is 4.16. The van der Waals surface area contributed by atoms with Crippen LogP contribution in [0, 0.1) is 12.8 Å². The van der Waals surface area contributed by atoms with Gasteiger partial charge in [-0.2, -0.15) is 0 Å². The SMILES string of the molecule is Cc1cc(C(=O)N2CCC(C(N)=O)C2)cc(Cl)c1Br. The fourth-order valence-electron chi connectivity index (χ4n) is 2.21. The minimum atomic E-state index is -0.347. The van der Waals surface area contributed by atoms with E-state index in [2.05, 4.69) is 15.9 Å². The number of carbonyl (C=O) groups excluding carboxylic acids is 2. The Morgan fingerprint density at radius 3 is 2.68 bits per heavy atom. The van der Waals surface area contributed by atoms with E-state index in [0.717, 1.165) is 10.0 Å². The summed E-state index contributed by atoms with van der Waals surface area (Å²) in [6.07, 6.45) is 0.629. The van der Waals surface area contributed by atoms with Crippen molar-refractivity contribution in [2.24, 2.45) is 11.7 Å². The van der Waals surface area contributed by atoms with Crippen LogP contribution in [0.2, 0.25) is 5.02 Å². The number of carbonyl (C=O) groups is 2. The van der Waals surface area contributed by atoms with E-state index in [-0.39, 0.29) is 17.7 Å². The second-order valence-corrected chi connectivity index (χ2v) is 5.93. The van der Waals surface area contributed by atoms with E-state index in [0.29, 0.717) is 30.1 Å². The molecule has 1 unspecified atom stereocenters. The molecule has 0 radical (unpaired) electrons. The van der Waals surface area contributed by atoms with Gasteiger partial charge in [0.05, 0.1) is 10.9 Å². The van der Waals surface area contributed by atoms with E-state index < -0.39 is 0 Å². The van der Waals surface area contributed by atoms with Crippen LogP contribution in [0.3, 0.4) is 0 Å². The Labute approximate surface area is 125 Å². The standard InChI is InChI=1S/C13H14BrClN2O2/c1-7-4-9(5-10(15)11(7)14)13(19)17-3-2-8(6-17)12(16)18/h4-5,8H,2-3,6H2,1H3,(H2,16,18). The Hall–Kier alpha value is -1.07. The fourth-order valence-corrected chi connectivity index (χ4v) is 2.71. The van der Waals surface area contributed by atoms with Gasteiger partial charge in [0.2, 0.25) is 5.91 Å². The van der Waals surface area contributed by atoms with Crippen LogP contribution in [-0.2, 0) is 4.79 Å². The first kappa shape index (κ1) is 14.3. The topological polar surface area (TPSA) is 63.4 Å². The van der Waals surface area contributed by atoms with Crippen LogP contribution in [0.5, 0.6) is 0 Å². The summed E-state index contributed by atoms with van der Waals surface area (Å²) in [7, 11) is 0. The second kappa shape index (κ2) is 5.51. The molecular weight excluding hydrogens is 332 g/mol. The number of benzene rings is 1. The Bertz CT molecular complexity index is 524. The molecule has 0 spiro atoms. The molecule has 1 aromatic rings. The molecule has 6 heteroatoms. The molecule has 1 fully saturated rings. The number of primary amides is 1. The highest BCUT2D eigenvalue weighted by molar-refractivity contribution is 9.10. The van der Waals surface area contributed by atoms with Gasteiger partial charge in [-0.25, -0.2) is 0 Å². The number of nitrogens with zero attached hydrogens (tertiary/aromatic N) is 1. The first-order valence-electron chi connectivity index (χ1n) is 5.94. The van der Waals surface area contributed by atoms with E-state index in [4.69, 9.17) is 17.3 Å². The highest BCUT2D eigenvalue weighted by atomic mass is 79.9. The lowest BCUT2D eigenvalue weighted by molar-refractivity contribution is -0.121. The molecule has 1 heterocycles. The van der Waals surface area contributed by atoms with Gasteiger partial charge in [-0.15, -0.1) is 0 Å². The van der Waals surface area contributed by atoms with Gasteiger partial charge in [-0.05, 0) is 47.0 Å². The molecule has 4 nitrogen and oxygen atoms in total. The van der Waals surface area contributed by atoms with E-state index in [1.165, 1.54) is 0 Å². The van der Waals surface area contributed by atoms with Crippen LogP contribution in [0.15, 0.2) is 16.6 Å². The minimum Gasteiger partial charge on any atom is -0.369 e. The third kappa shape index (κ3) is 2.92. The molecule has 102 valence electrons. The van der Waals surface area contributed by atoms with E-state index >= 15 is 0 Å². The van der Waals surface area contributed by atoms with Crippen LogP contribution < -0.4 is 5.73 Å². The van der Waals surface area contributed by atoms with Crippen LogP contribution in [0.4, 0.5) is 0 Å². The molecule has 1 aliphatic heterocycles. The Morgan fingerprint density at radius 2 is 2.16 bits per heavy atom. The minimum absolute atomic E-state index is 0.110. The lowest BCUT2D eigenvalue weighted by Gasteiger charge is -2.17. The number of hydrogen-bond acceptors (Lipinski definition) is 2. The molecule has 0 aliphatic carbocycles. The third-order valence-electron chi connectivity index (χ3n) is 3.33. The van der Waals surface area contributed by atoms with Crippen molar-refractivity contribution in [1.29, 1.82) is 0 Å². The average Bonchev–Trinajstić information content (AvgIpc) is 2.84. The smallest absolute Gasteiger partial charge is 0.253 e. The number of hydrogen-bond donors (Lipinski definition) is 1. The maximum atomic E-state index is 12.3. The van der Waals surface area contributed by atoms with Gasteiger partial charge in [0.25, 0.3) is 5.91 Å². The molecule has 19 heavy (non-hydrogen) atoms. The number of aryl methyl sites for hydroxylation is 1. The van der Waals surface area contributed by atoms with Crippen molar-refractivity contribution in [2.75, 3.05) is 13.1 Å². The van der Waals surface area contributed by atoms with E-state index in [1.807, 2.05) is 6.92 Å². The summed E-state index contributed by atoms with van der Waals surface area (Å²) >= 11 is 9.41. The van der Waals surface area contributed by atoms with Crippen molar-refractivity contribution in [3.8, 4) is 0 Å². The third-order valence-corrected chi connectivity index (χ3v) is 4.91. The zero-order valence-corrected chi connectivity index (χ0v) is 12.8. The summed E-state index contributed by atoms with van der Waals surface area (Å²) in [6.45, 7) is 2.82. The molecular formula is C13H14BrClN2O2. The molecule has 0 saturated carbocycles. The molecule has 2 N–H and O–H groups in total. The number of amides is 2. The predicted molar refractivity (Wildman–Crippen MR) is 77.1 cm³/mol. The van der Waals surface area contributed by atoms with Crippen molar-refractivity contribution < 1.29 is 9.59 Å². The Morgan fingerprint density at radius 1 is 1.47 bits per heavy atom. The Balaban J connectivity index is 2.19. The molecule has 0 aromatic heterocycles. The maximum absolute atomic E-state index is 12.3. The van der Waals surface area contributed by atoms with Crippen molar-refractivity contribution >= 4 is 39.3 Å². The van der Waals surface area contributed by atoms with Gasteiger partial charge in [0.15, 0.2) is 0 Å². The zero-order valence-electron chi connectivity index (χ0n) is 10.5. The van der Waals surface area contributed by atoms with Crippen molar-refractivity contribution in [1.82, 2.24) is 4.90 Å². The van der Waals surface area contributed by atoms with Crippen LogP contribution in [-0.4, -0.2) is 29.8 Å². The second-order valence-electron chi connectivity index (χ2n) is 4.73. The van der Waals surface area contributed by atoms with Gasteiger partial charge in [-0.1, -0.05) is 11.6 Å². The summed E-state index contributed by atoms with van der Waals surface area (Å²) in [4.78, 5) is 25.1. The zero-order chi connectivity index (χ0) is 14.2. The van der Waals surface area contributed by atoms with Crippen molar-refractivity contribution in [3.63, 3.8) is 0 Å². The molecule has 1 aromatic carbocycles. The predicted octanol–water partition coefficient (Wildman–Crippen LogP) is 2.36. The lowest BCUT2D eigenvalue weighted by Crippen LogP contribution is -2.31. The maximum Gasteiger partial charge on any atom is 0.253 e.